The minimum atomic E-state index is -4.60. The second-order valence-electron chi connectivity index (χ2n) is 8.26. The number of ether oxygens (including phenoxy) is 1. The summed E-state index contributed by atoms with van der Waals surface area (Å²) >= 11 is 12.4. The molecule has 13 heteroatoms. The number of nitrogens with one attached hydrogen (secondary N) is 1. The van der Waals surface area contributed by atoms with Gasteiger partial charge in [-0.05, 0) is 54.6 Å². The summed E-state index contributed by atoms with van der Waals surface area (Å²) in [4.78, 5) is 12.8. The summed E-state index contributed by atoms with van der Waals surface area (Å²) in [5.41, 5.74) is 0.151. The number of azo groups is 1. The summed E-state index contributed by atoms with van der Waals surface area (Å²) in [5.74, 6) is -1.15. The average Bonchev–Trinajstić information content (AvgIpc) is 2.89. The van der Waals surface area contributed by atoms with Gasteiger partial charge in [0, 0.05) is 16.0 Å². The number of halogens is 2. The second-order valence-corrected chi connectivity index (χ2v) is 10.5. The third-order valence-electron chi connectivity index (χ3n) is 5.76. The molecule has 2 N–H and O–H groups in total. The van der Waals surface area contributed by atoms with E-state index in [0.29, 0.717) is 22.4 Å². The van der Waals surface area contributed by atoms with Gasteiger partial charge in [0.25, 0.3) is 16.0 Å². The zero-order valence-electron chi connectivity index (χ0n) is 21.7. The van der Waals surface area contributed by atoms with Gasteiger partial charge in [-0.25, -0.2) is 0 Å². The number of carbonyl (C=O) groups is 1. The zero-order chi connectivity index (χ0) is 28.3. The van der Waals surface area contributed by atoms with Crippen LogP contribution in [0.1, 0.15) is 29.8 Å². The Bertz CT molecular complexity index is 1730. The zero-order valence-corrected chi connectivity index (χ0v) is 26.1. The molecule has 202 valence electrons. The molecule has 0 bridgehead atoms. The maximum Gasteiger partial charge on any atom is 1.00 e. The second kappa shape index (κ2) is 13.3. The molecular formula is C27H22Cl2N3NaO6S. The quantitative estimate of drug-likeness (QED) is 0.175. The van der Waals surface area contributed by atoms with E-state index in [9.17, 15) is 22.9 Å². The molecule has 4 aromatic carbocycles. The predicted molar refractivity (Wildman–Crippen MR) is 149 cm³/mol. The number of carbonyl (C=O) groups excluding carboxylic acids is 1. The van der Waals surface area contributed by atoms with Crippen molar-refractivity contribution >= 4 is 67.1 Å². The maximum absolute atomic E-state index is 13.5. The van der Waals surface area contributed by atoms with Gasteiger partial charge in [0.1, 0.15) is 4.90 Å². The van der Waals surface area contributed by atoms with Crippen LogP contribution in [-0.4, -0.2) is 25.5 Å². The maximum atomic E-state index is 13.5. The van der Waals surface area contributed by atoms with Gasteiger partial charge in [0.2, 0.25) is 0 Å². The van der Waals surface area contributed by atoms with Crippen molar-refractivity contribution in [2.24, 2.45) is 10.2 Å². The summed E-state index contributed by atoms with van der Waals surface area (Å²) in [7, 11) is -4.60. The smallest absolute Gasteiger partial charge is 0.870 e. The summed E-state index contributed by atoms with van der Waals surface area (Å²) in [5, 5.41) is 25.6. The Kier molecular flexibility index (Phi) is 10.6. The number of hydrogen-bond donors (Lipinski definition) is 2. The van der Waals surface area contributed by atoms with E-state index in [2.05, 4.69) is 15.5 Å². The molecule has 0 saturated heterocycles. The number of fused-ring (bicyclic) bond motifs is 1. The Labute approximate surface area is 263 Å². The molecule has 0 saturated carbocycles. The first-order valence-electron chi connectivity index (χ1n) is 11.7. The van der Waals surface area contributed by atoms with E-state index in [1.165, 1.54) is 12.1 Å². The molecule has 4 rings (SSSR count). The van der Waals surface area contributed by atoms with E-state index in [4.69, 9.17) is 27.9 Å². The van der Waals surface area contributed by atoms with Gasteiger partial charge in [0.05, 0.1) is 28.7 Å². The van der Waals surface area contributed by atoms with Crippen molar-refractivity contribution in [3.63, 3.8) is 0 Å². The monoisotopic (exact) mass is 609 g/mol. The first-order valence-corrected chi connectivity index (χ1v) is 13.9. The molecule has 40 heavy (non-hydrogen) atoms. The predicted octanol–water partition coefficient (Wildman–Crippen LogP) is 4.10. The van der Waals surface area contributed by atoms with E-state index in [1.807, 2.05) is 0 Å². The van der Waals surface area contributed by atoms with E-state index in [-0.39, 0.29) is 74.9 Å². The van der Waals surface area contributed by atoms with Crippen LogP contribution in [-0.2, 0) is 16.5 Å². The topological polar surface area (TPSA) is 140 Å². The standard InChI is InChI=1S/C27H23Cl2N3O6S.Na/c1-3-17-21(29)13-16(14-23(17)39(35,36)37)31-32-24-18-9-6-5-8-15(18)12-19(25(24)33)27(34)30-22-11-7-10-20(28)26(22)38-4-2;/h5-14,33H,3-4H2,1-2H3,(H,30,34)(H,35,36,37);/q;+1/p-1. The summed E-state index contributed by atoms with van der Waals surface area (Å²) in [6.45, 7) is 3.76. The van der Waals surface area contributed by atoms with Gasteiger partial charge in [-0.3, -0.25) is 9.35 Å². The van der Waals surface area contributed by atoms with E-state index < -0.39 is 26.7 Å². The summed E-state index contributed by atoms with van der Waals surface area (Å²) in [6.07, 6.45) is 0.246. The van der Waals surface area contributed by atoms with Crippen LogP contribution in [0.3, 0.4) is 0 Å². The first-order chi connectivity index (χ1) is 18.5. The normalized spacial score (nSPS) is 11.4. The van der Waals surface area contributed by atoms with Crippen LogP contribution in [0.2, 0.25) is 10.0 Å². The minimum Gasteiger partial charge on any atom is -0.870 e. The number of benzene rings is 4. The molecule has 0 spiro atoms. The number of rotatable bonds is 8. The number of amides is 1. The van der Waals surface area contributed by atoms with Crippen molar-refractivity contribution in [1.29, 1.82) is 0 Å². The van der Waals surface area contributed by atoms with Crippen molar-refractivity contribution in [2.75, 3.05) is 11.9 Å². The van der Waals surface area contributed by atoms with Crippen LogP contribution < -0.4 is 44.7 Å². The fraction of sp³-hybridized carbons (Fsp3) is 0.148. The molecule has 0 heterocycles. The Morgan fingerprint density at radius 2 is 1.75 bits per heavy atom. The fourth-order valence-corrected chi connectivity index (χ4v) is 5.47. The average molecular weight is 610 g/mol. The van der Waals surface area contributed by atoms with Crippen LogP contribution in [0.4, 0.5) is 17.1 Å². The molecule has 0 aliphatic rings. The number of anilines is 1. The Morgan fingerprint density at radius 3 is 2.42 bits per heavy atom. The number of nitrogens with zero attached hydrogens (tertiary/aromatic N) is 2. The van der Waals surface area contributed by atoms with Crippen molar-refractivity contribution in [3.8, 4) is 11.5 Å². The van der Waals surface area contributed by atoms with Crippen LogP contribution in [0.15, 0.2) is 75.8 Å². The molecule has 0 fully saturated rings. The van der Waals surface area contributed by atoms with E-state index in [0.717, 1.165) is 6.07 Å². The molecule has 0 atom stereocenters. The summed E-state index contributed by atoms with van der Waals surface area (Å²) < 4.78 is 39.0. The van der Waals surface area contributed by atoms with E-state index >= 15 is 0 Å². The molecular weight excluding hydrogens is 588 g/mol. The molecule has 0 aromatic heterocycles. The number of para-hydroxylation sites is 1. The molecule has 4 aromatic rings. The van der Waals surface area contributed by atoms with Gasteiger partial charge >= 0.3 is 29.6 Å². The molecule has 0 unspecified atom stereocenters. The molecule has 0 aliphatic carbocycles. The third-order valence-corrected chi connectivity index (χ3v) is 7.32. The van der Waals surface area contributed by atoms with Crippen LogP contribution in [0.5, 0.6) is 11.5 Å². The molecule has 0 radical (unpaired) electrons. The molecule has 1 amide bonds. The SMILES string of the molecule is CCOc1c(Cl)cccc1NC(=O)c1cc2ccccc2c(N=Nc2cc(Cl)c(CC)c(S(=O)(=O)O)c2)c1[O-].[Na+]. The Morgan fingerprint density at radius 1 is 1.02 bits per heavy atom. The van der Waals surface area contributed by atoms with Gasteiger partial charge in [-0.2, -0.15) is 18.6 Å². The van der Waals surface area contributed by atoms with Gasteiger partial charge < -0.3 is 15.2 Å². The Balaban J connectivity index is 0.00000441. The van der Waals surface area contributed by atoms with Gasteiger partial charge in [0.15, 0.2) is 5.75 Å². The third kappa shape index (κ3) is 6.77. The Hall–Kier alpha value is -2.70. The van der Waals surface area contributed by atoms with Crippen LogP contribution in [0.25, 0.3) is 10.8 Å². The van der Waals surface area contributed by atoms with Crippen molar-refractivity contribution in [2.45, 2.75) is 25.2 Å². The van der Waals surface area contributed by atoms with E-state index in [1.54, 1.807) is 56.3 Å². The summed E-state index contributed by atoms with van der Waals surface area (Å²) in [6, 6.07) is 15.6. The van der Waals surface area contributed by atoms with Crippen molar-refractivity contribution in [3.05, 3.63) is 81.8 Å². The fourth-order valence-electron chi connectivity index (χ4n) is 4.00. The van der Waals surface area contributed by atoms with Crippen LogP contribution in [0, 0.1) is 0 Å². The molecule has 0 aliphatic heterocycles. The minimum absolute atomic E-state index is 0. The largest absolute Gasteiger partial charge is 1.00 e. The van der Waals surface area contributed by atoms with Gasteiger partial charge in [-0.15, -0.1) is 0 Å². The number of hydrogen-bond acceptors (Lipinski definition) is 7. The van der Waals surface area contributed by atoms with Crippen LogP contribution >= 0.6 is 23.2 Å². The first kappa shape index (κ1) is 31.8. The van der Waals surface area contributed by atoms with Crippen molar-refractivity contribution in [1.82, 2.24) is 0 Å². The molecule has 9 nitrogen and oxygen atoms in total. The van der Waals surface area contributed by atoms with Gasteiger partial charge in [-0.1, -0.05) is 66.2 Å². The van der Waals surface area contributed by atoms with Crippen molar-refractivity contribution < 1.29 is 57.2 Å².